The predicted octanol–water partition coefficient (Wildman–Crippen LogP) is 0.161. The maximum atomic E-state index is 10.1. The number of ether oxygens (including phenoxy) is 2. The van der Waals surface area contributed by atoms with Gasteiger partial charge in [-0.3, -0.25) is 4.57 Å². The number of hydrogen-bond acceptors (Lipinski definition) is 9. The Hall–Kier alpha value is -2.06. The van der Waals surface area contributed by atoms with Crippen molar-refractivity contribution in [3.8, 4) is 5.88 Å². The maximum Gasteiger partial charge on any atom is 0.247 e. The van der Waals surface area contributed by atoms with Gasteiger partial charge in [-0.2, -0.15) is 9.97 Å². The zero-order valence-electron chi connectivity index (χ0n) is 13.8. The third-order valence-electron chi connectivity index (χ3n) is 4.18. The van der Waals surface area contributed by atoms with Crippen molar-refractivity contribution in [2.75, 3.05) is 5.73 Å². The molecule has 1 aliphatic heterocycles. The first-order valence-electron chi connectivity index (χ1n) is 8.01. The molecule has 1 saturated heterocycles. The fraction of sp³-hybridized carbons (Fsp3) is 0.312. The highest BCUT2D eigenvalue weighted by Crippen LogP contribution is 2.32. The van der Waals surface area contributed by atoms with Gasteiger partial charge in [-0.15, -0.1) is 0 Å². The van der Waals surface area contributed by atoms with Gasteiger partial charge < -0.3 is 30.5 Å². The molecule has 27 heavy (non-hydrogen) atoms. The third kappa shape index (κ3) is 3.43. The molecule has 3 aromatic rings. The minimum Gasteiger partial charge on any atom is -0.471 e. The Labute approximate surface area is 166 Å². The lowest BCUT2D eigenvalue weighted by atomic mass is 10.2. The molecule has 0 bridgehead atoms. The molecular formula is C16H16IN5O5. The van der Waals surface area contributed by atoms with Gasteiger partial charge in [0, 0.05) is 3.57 Å². The number of benzene rings is 1. The summed E-state index contributed by atoms with van der Waals surface area (Å²) in [7, 11) is 0. The Balaban J connectivity index is 1.65. The van der Waals surface area contributed by atoms with Crippen LogP contribution in [0, 0.1) is 3.57 Å². The van der Waals surface area contributed by atoms with Gasteiger partial charge in [-0.1, -0.05) is 12.1 Å². The van der Waals surface area contributed by atoms with E-state index in [0.29, 0.717) is 5.52 Å². The summed E-state index contributed by atoms with van der Waals surface area (Å²) >= 11 is 2.22. The number of aromatic nitrogens is 4. The van der Waals surface area contributed by atoms with Crippen molar-refractivity contribution in [2.45, 2.75) is 31.3 Å². The van der Waals surface area contributed by atoms with Crippen LogP contribution in [0.4, 0.5) is 5.95 Å². The lowest BCUT2D eigenvalue weighted by Crippen LogP contribution is -2.31. The largest absolute Gasteiger partial charge is 0.471 e. The first-order valence-corrected chi connectivity index (χ1v) is 9.09. The van der Waals surface area contributed by atoms with E-state index in [1.54, 1.807) is 0 Å². The van der Waals surface area contributed by atoms with E-state index in [1.807, 2.05) is 24.3 Å². The SMILES string of the molecule is Nc1nc(OCc2ccc(I)cc2)c2ncn([C@@H]3O[C@H](O)[C@@H](O)[C@H]3O)c2n1. The molecule has 1 aliphatic rings. The molecule has 11 heteroatoms. The van der Waals surface area contributed by atoms with Gasteiger partial charge in [-0.05, 0) is 40.3 Å². The minimum atomic E-state index is -1.52. The van der Waals surface area contributed by atoms with Crippen LogP contribution >= 0.6 is 22.6 Å². The van der Waals surface area contributed by atoms with Crippen LogP contribution in [0.5, 0.6) is 5.88 Å². The summed E-state index contributed by atoms with van der Waals surface area (Å²) in [5.74, 6) is 0.138. The minimum absolute atomic E-state index is 0.0459. The second-order valence-electron chi connectivity index (χ2n) is 6.02. The molecule has 0 saturated carbocycles. The predicted molar refractivity (Wildman–Crippen MR) is 101 cm³/mol. The number of nitrogen functional groups attached to an aromatic ring is 1. The van der Waals surface area contributed by atoms with E-state index in [1.165, 1.54) is 10.9 Å². The third-order valence-corrected chi connectivity index (χ3v) is 4.90. The molecule has 1 aromatic carbocycles. The highest BCUT2D eigenvalue weighted by molar-refractivity contribution is 14.1. The summed E-state index contributed by atoms with van der Waals surface area (Å²) in [5.41, 5.74) is 7.30. The van der Waals surface area contributed by atoms with Crippen molar-refractivity contribution in [1.29, 1.82) is 0 Å². The standard InChI is InChI=1S/C16H16IN5O5/c17-8-3-1-7(2-4-8)5-26-13-9-12(20-16(18)21-13)22(6-19-9)14-10(23)11(24)15(25)27-14/h1-4,6,10-11,14-15,23-25H,5H2,(H2,18,20,21)/t10-,11+,14-,15+/m1/s1. The molecule has 1 fully saturated rings. The van der Waals surface area contributed by atoms with E-state index in [0.717, 1.165) is 9.13 Å². The van der Waals surface area contributed by atoms with E-state index < -0.39 is 24.7 Å². The molecule has 4 rings (SSSR count). The van der Waals surface area contributed by atoms with Crippen LogP contribution in [0.1, 0.15) is 11.8 Å². The Kier molecular flexibility index (Phi) is 4.86. The van der Waals surface area contributed by atoms with Gasteiger partial charge in [-0.25, -0.2) is 4.98 Å². The molecule has 0 radical (unpaired) electrons. The van der Waals surface area contributed by atoms with Gasteiger partial charge in [0.15, 0.2) is 23.7 Å². The fourth-order valence-electron chi connectivity index (χ4n) is 2.80. The van der Waals surface area contributed by atoms with Crippen molar-refractivity contribution in [1.82, 2.24) is 19.5 Å². The average Bonchev–Trinajstić information content (AvgIpc) is 3.17. The summed E-state index contributed by atoms with van der Waals surface area (Å²) < 4.78 is 13.4. The summed E-state index contributed by atoms with van der Waals surface area (Å²) in [4.78, 5) is 12.4. The molecule has 4 atom stereocenters. The summed E-state index contributed by atoms with van der Waals surface area (Å²) in [6, 6.07) is 7.81. The summed E-state index contributed by atoms with van der Waals surface area (Å²) in [6.45, 7) is 0.259. The number of fused-ring (bicyclic) bond motifs is 1. The molecule has 0 unspecified atom stereocenters. The second kappa shape index (κ2) is 7.16. The van der Waals surface area contributed by atoms with Crippen LogP contribution in [-0.4, -0.2) is 53.3 Å². The molecule has 3 heterocycles. The van der Waals surface area contributed by atoms with Crippen LogP contribution < -0.4 is 10.5 Å². The van der Waals surface area contributed by atoms with Gasteiger partial charge in [0.25, 0.3) is 0 Å². The Morgan fingerprint density at radius 2 is 1.89 bits per heavy atom. The summed E-state index contributed by atoms with van der Waals surface area (Å²) in [6.07, 6.45) is -4.03. The van der Waals surface area contributed by atoms with E-state index in [-0.39, 0.29) is 24.1 Å². The fourth-order valence-corrected chi connectivity index (χ4v) is 3.16. The number of rotatable bonds is 4. The first kappa shape index (κ1) is 18.3. The number of aliphatic hydroxyl groups is 3. The van der Waals surface area contributed by atoms with Crippen LogP contribution in [0.2, 0.25) is 0 Å². The zero-order chi connectivity index (χ0) is 19.1. The van der Waals surface area contributed by atoms with Crippen LogP contribution in [-0.2, 0) is 11.3 Å². The van der Waals surface area contributed by atoms with Crippen LogP contribution in [0.25, 0.3) is 11.2 Å². The molecule has 2 aromatic heterocycles. The molecule has 142 valence electrons. The van der Waals surface area contributed by atoms with Crippen molar-refractivity contribution in [2.24, 2.45) is 0 Å². The smallest absolute Gasteiger partial charge is 0.247 e. The van der Waals surface area contributed by atoms with Gasteiger partial charge in [0.1, 0.15) is 18.8 Å². The van der Waals surface area contributed by atoms with Crippen LogP contribution in [0.3, 0.4) is 0 Å². The highest BCUT2D eigenvalue weighted by atomic mass is 127. The van der Waals surface area contributed by atoms with Crippen LogP contribution in [0.15, 0.2) is 30.6 Å². The number of nitrogens with zero attached hydrogens (tertiary/aromatic N) is 4. The second-order valence-corrected chi connectivity index (χ2v) is 7.27. The molecule has 0 aliphatic carbocycles. The number of hydrogen-bond donors (Lipinski definition) is 4. The highest BCUT2D eigenvalue weighted by Gasteiger charge is 2.43. The number of aliphatic hydroxyl groups excluding tert-OH is 3. The average molecular weight is 485 g/mol. The normalized spacial score (nSPS) is 25.2. The lowest BCUT2D eigenvalue weighted by molar-refractivity contribution is -0.141. The lowest BCUT2D eigenvalue weighted by Gasteiger charge is -2.16. The number of anilines is 1. The van der Waals surface area contributed by atoms with Gasteiger partial charge in [0.2, 0.25) is 11.8 Å². The molecule has 5 N–H and O–H groups in total. The zero-order valence-corrected chi connectivity index (χ0v) is 16.0. The monoisotopic (exact) mass is 485 g/mol. The van der Waals surface area contributed by atoms with E-state index in [9.17, 15) is 15.3 Å². The van der Waals surface area contributed by atoms with Crippen molar-refractivity contribution in [3.63, 3.8) is 0 Å². The first-order chi connectivity index (χ1) is 12.9. The van der Waals surface area contributed by atoms with Crippen molar-refractivity contribution >= 4 is 39.7 Å². The van der Waals surface area contributed by atoms with Gasteiger partial charge in [0.05, 0.1) is 6.33 Å². The number of halogens is 1. The van der Waals surface area contributed by atoms with Crippen molar-refractivity contribution in [3.05, 3.63) is 39.7 Å². The van der Waals surface area contributed by atoms with E-state index in [4.69, 9.17) is 15.2 Å². The number of nitrogens with two attached hydrogens (primary N) is 1. The number of imidazole rings is 1. The molecule has 0 spiro atoms. The Morgan fingerprint density at radius 3 is 2.56 bits per heavy atom. The maximum absolute atomic E-state index is 10.1. The van der Waals surface area contributed by atoms with Crippen molar-refractivity contribution < 1.29 is 24.8 Å². The quantitative estimate of drug-likeness (QED) is 0.379. The summed E-state index contributed by atoms with van der Waals surface area (Å²) in [5, 5.41) is 29.4. The van der Waals surface area contributed by atoms with Gasteiger partial charge >= 0.3 is 0 Å². The Morgan fingerprint density at radius 1 is 1.15 bits per heavy atom. The van der Waals surface area contributed by atoms with E-state index in [2.05, 4.69) is 37.5 Å². The topological polar surface area (TPSA) is 149 Å². The van der Waals surface area contributed by atoms with E-state index >= 15 is 0 Å². The molecular weight excluding hydrogens is 469 g/mol. The molecule has 10 nitrogen and oxygen atoms in total. The molecule has 0 amide bonds. The Bertz CT molecular complexity index is 966.